The molecule has 0 aromatic rings. The summed E-state index contributed by atoms with van der Waals surface area (Å²) in [5.74, 6) is -4.03. The summed E-state index contributed by atoms with van der Waals surface area (Å²) in [7, 11) is 0. The molecular weight excluding hydrogens is 746 g/mol. The van der Waals surface area contributed by atoms with Crippen LogP contribution in [0.15, 0.2) is 0 Å². The highest BCUT2D eigenvalue weighted by Gasteiger charge is 2.33. The summed E-state index contributed by atoms with van der Waals surface area (Å²) < 4.78 is 10.5. The number of likely N-dealkylation sites (tertiary alicyclic amines) is 1. The number of carbonyl (C=O) groups excluding carboxylic acids is 6. The van der Waals surface area contributed by atoms with Crippen molar-refractivity contribution >= 4 is 47.9 Å². The quantitative estimate of drug-likeness (QED) is 0.0363. The Hall–Kier alpha value is -4.16. The zero-order valence-corrected chi connectivity index (χ0v) is 33.4. The van der Waals surface area contributed by atoms with E-state index in [2.05, 4.69) is 20.8 Å². The van der Waals surface area contributed by atoms with Gasteiger partial charge in [-0.05, 0) is 44.9 Å². The first kappa shape index (κ1) is 49.0. The molecule has 2 aliphatic heterocycles. The first-order chi connectivity index (χ1) is 27.5. The summed E-state index contributed by atoms with van der Waals surface area (Å²) in [5, 5.41) is 28.3. The molecular formula is C39H65N5O13. The van der Waals surface area contributed by atoms with E-state index in [-0.39, 0.29) is 82.5 Å². The zero-order valence-electron chi connectivity index (χ0n) is 33.4. The lowest BCUT2D eigenvalue weighted by Crippen LogP contribution is -2.50. The standard InChI is InChI=1S/C39H65N5O13/c45-25-12-8-6-4-2-1-3-5-7-9-13-30(14-10-11-15-36(49)50)41-32(38(52)53)16-17-33(46)43-23-20-31(21-24-43)42-39(54)40-22-26-55-27-28-56-29-37(51)57-44-34(47)18-19-35(44)48/h25,30-32,41H,1-24,26-29H2,(H,49,50)(H,52,53)(H2,40,42,54)/t30?,32-/m0/s1. The van der Waals surface area contributed by atoms with Gasteiger partial charge in [-0.15, -0.1) is 5.06 Å². The molecule has 0 bridgehead atoms. The van der Waals surface area contributed by atoms with Crippen LogP contribution in [0.5, 0.6) is 0 Å². The number of rotatable bonds is 33. The van der Waals surface area contributed by atoms with Crippen LogP contribution in [-0.2, 0) is 47.9 Å². The Kier molecular flexibility index (Phi) is 25.8. The highest BCUT2D eigenvalue weighted by atomic mass is 16.7. The molecule has 0 spiro atoms. The predicted molar refractivity (Wildman–Crippen MR) is 205 cm³/mol. The normalized spacial score (nSPS) is 15.6. The Morgan fingerprint density at radius 3 is 1.96 bits per heavy atom. The molecule has 324 valence electrons. The van der Waals surface area contributed by atoms with E-state index in [1.165, 1.54) is 0 Å². The topological polar surface area (TPSA) is 247 Å². The lowest BCUT2D eigenvalue weighted by atomic mass is 9.98. The highest BCUT2D eigenvalue weighted by Crippen LogP contribution is 2.18. The maximum absolute atomic E-state index is 13.1. The smallest absolute Gasteiger partial charge is 0.358 e. The van der Waals surface area contributed by atoms with Crippen molar-refractivity contribution < 1.29 is 62.9 Å². The lowest BCUT2D eigenvalue weighted by Gasteiger charge is -2.33. The van der Waals surface area contributed by atoms with Gasteiger partial charge in [-0.2, -0.15) is 0 Å². The molecule has 0 aromatic carbocycles. The number of nitrogens with one attached hydrogen (secondary N) is 3. The van der Waals surface area contributed by atoms with E-state index in [9.17, 15) is 43.5 Å². The number of carbonyl (C=O) groups is 8. The summed E-state index contributed by atoms with van der Waals surface area (Å²) in [6.07, 6.45) is 15.3. The molecule has 2 saturated heterocycles. The van der Waals surface area contributed by atoms with Gasteiger partial charge >= 0.3 is 23.9 Å². The van der Waals surface area contributed by atoms with Crippen LogP contribution in [0.25, 0.3) is 0 Å². The van der Waals surface area contributed by atoms with Gasteiger partial charge in [0.25, 0.3) is 11.8 Å². The van der Waals surface area contributed by atoms with Crippen LogP contribution >= 0.6 is 0 Å². The molecule has 57 heavy (non-hydrogen) atoms. The van der Waals surface area contributed by atoms with Crippen molar-refractivity contribution in [2.45, 2.75) is 153 Å². The molecule has 0 radical (unpaired) electrons. The number of unbranched alkanes of at least 4 members (excludes halogenated alkanes) is 10. The number of imide groups is 1. The summed E-state index contributed by atoms with van der Waals surface area (Å²) >= 11 is 0. The van der Waals surface area contributed by atoms with Gasteiger partial charge in [0.05, 0.1) is 19.8 Å². The van der Waals surface area contributed by atoms with E-state index in [1.54, 1.807) is 4.90 Å². The van der Waals surface area contributed by atoms with Crippen molar-refractivity contribution in [3.05, 3.63) is 0 Å². The van der Waals surface area contributed by atoms with Gasteiger partial charge in [0.15, 0.2) is 0 Å². The van der Waals surface area contributed by atoms with E-state index in [4.69, 9.17) is 14.6 Å². The van der Waals surface area contributed by atoms with E-state index >= 15 is 0 Å². The number of urea groups is 1. The third kappa shape index (κ3) is 23.0. The highest BCUT2D eigenvalue weighted by molar-refractivity contribution is 6.01. The largest absolute Gasteiger partial charge is 0.481 e. The maximum atomic E-state index is 13.1. The number of amides is 5. The van der Waals surface area contributed by atoms with Crippen LogP contribution in [0.3, 0.4) is 0 Å². The van der Waals surface area contributed by atoms with E-state index in [0.717, 1.165) is 70.5 Å². The van der Waals surface area contributed by atoms with Crippen molar-refractivity contribution in [1.29, 1.82) is 0 Å². The molecule has 18 nitrogen and oxygen atoms in total. The fourth-order valence-corrected chi connectivity index (χ4v) is 6.73. The van der Waals surface area contributed by atoms with Crippen LogP contribution in [0, 0.1) is 0 Å². The Balaban J connectivity index is 1.60. The number of piperidine rings is 1. The molecule has 2 fully saturated rings. The average molecular weight is 812 g/mol. The van der Waals surface area contributed by atoms with Crippen molar-refractivity contribution in [2.75, 3.05) is 46.1 Å². The Morgan fingerprint density at radius 1 is 0.754 bits per heavy atom. The summed E-state index contributed by atoms with van der Waals surface area (Å²) in [4.78, 5) is 100. The number of carboxylic acids is 2. The van der Waals surface area contributed by atoms with Crippen LogP contribution in [0.2, 0.25) is 0 Å². The minimum absolute atomic E-state index is 0.00265. The predicted octanol–water partition coefficient (Wildman–Crippen LogP) is 3.24. The molecule has 5 N–H and O–H groups in total. The Labute approximate surface area is 335 Å². The minimum atomic E-state index is -1.02. The second-order valence-electron chi connectivity index (χ2n) is 14.6. The molecule has 0 aliphatic carbocycles. The summed E-state index contributed by atoms with van der Waals surface area (Å²) in [6.45, 7) is 1.01. The third-order valence-corrected chi connectivity index (χ3v) is 9.96. The monoisotopic (exact) mass is 811 g/mol. The fraction of sp³-hybridized carbons (Fsp3) is 0.795. The molecule has 5 amide bonds. The molecule has 18 heteroatoms. The molecule has 1 unspecified atom stereocenters. The number of hydrogen-bond donors (Lipinski definition) is 5. The van der Waals surface area contributed by atoms with Gasteiger partial charge in [0, 0.05) is 63.8 Å². The number of carboxylic acid groups (broad SMARTS) is 2. The zero-order chi connectivity index (χ0) is 41.7. The number of hydroxylamine groups is 2. The number of ether oxygens (including phenoxy) is 2. The molecule has 2 aliphatic rings. The first-order valence-corrected chi connectivity index (χ1v) is 20.7. The van der Waals surface area contributed by atoms with E-state index in [1.807, 2.05) is 0 Å². The fourth-order valence-electron chi connectivity index (χ4n) is 6.73. The van der Waals surface area contributed by atoms with Gasteiger partial charge < -0.3 is 50.2 Å². The lowest BCUT2D eigenvalue weighted by molar-refractivity contribution is -0.200. The van der Waals surface area contributed by atoms with Crippen LogP contribution in [0.4, 0.5) is 4.79 Å². The van der Waals surface area contributed by atoms with Gasteiger partial charge in [-0.3, -0.25) is 24.0 Å². The number of nitrogens with zero attached hydrogens (tertiary/aromatic N) is 2. The average Bonchev–Trinajstić information content (AvgIpc) is 3.49. The van der Waals surface area contributed by atoms with Crippen molar-refractivity contribution in [3.8, 4) is 0 Å². The third-order valence-electron chi connectivity index (χ3n) is 9.96. The molecule has 2 atom stereocenters. The van der Waals surface area contributed by atoms with Gasteiger partial charge in [0.2, 0.25) is 5.91 Å². The van der Waals surface area contributed by atoms with Gasteiger partial charge in [-0.1, -0.05) is 57.8 Å². The van der Waals surface area contributed by atoms with E-state index in [0.29, 0.717) is 56.7 Å². The molecule has 2 rings (SSSR count). The molecule has 0 saturated carbocycles. The number of aldehydes is 1. The number of aliphatic carboxylic acids is 2. The Bertz CT molecular complexity index is 1240. The SMILES string of the molecule is O=CCCCCCCCCCCCC(CCCCC(=O)O)N[C@@H](CCC(=O)N1CCC(NC(=O)NCCOCCOCC(=O)ON2C(=O)CCC2=O)CC1)C(=O)O. The Morgan fingerprint density at radius 2 is 1.35 bits per heavy atom. The van der Waals surface area contributed by atoms with Crippen LogP contribution in [0.1, 0.15) is 135 Å². The van der Waals surface area contributed by atoms with Crippen LogP contribution in [-0.4, -0.2) is 132 Å². The number of hydrogen-bond acceptors (Lipinski definition) is 12. The van der Waals surface area contributed by atoms with Gasteiger partial charge in [-0.25, -0.2) is 9.59 Å². The first-order valence-electron chi connectivity index (χ1n) is 20.7. The minimum Gasteiger partial charge on any atom is -0.481 e. The molecule has 0 aromatic heterocycles. The summed E-state index contributed by atoms with van der Waals surface area (Å²) in [5.41, 5.74) is 0. The second kappa shape index (κ2) is 30.0. The van der Waals surface area contributed by atoms with E-state index < -0.39 is 42.4 Å². The second-order valence-corrected chi connectivity index (χ2v) is 14.6. The maximum Gasteiger partial charge on any atom is 0.358 e. The summed E-state index contributed by atoms with van der Waals surface area (Å²) in [6, 6.07) is -1.50. The molecule has 2 heterocycles. The van der Waals surface area contributed by atoms with Gasteiger partial charge in [0.1, 0.15) is 18.9 Å². The van der Waals surface area contributed by atoms with Crippen molar-refractivity contribution in [2.24, 2.45) is 0 Å². The van der Waals surface area contributed by atoms with Crippen molar-refractivity contribution in [3.63, 3.8) is 0 Å². The van der Waals surface area contributed by atoms with Crippen molar-refractivity contribution in [1.82, 2.24) is 25.9 Å². The van der Waals surface area contributed by atoms with Crippen LogP contribution < -0.4 is 16.0 Å².